The molecule has 0 aliphatic rings. The quantitative estimate of drug-likeness (QED) is 0.389. The molecule has 0 unspecified atom stereocenters. The van der Waals surface area contributed by atoms with E-state index in [-0.39, 0.29) is 5.96 Å². The van der Waals surface area contributed by atoms with Crippen LogP contribution in [0.2, 0.25) is 0 Å². The molecule has 0 saturated carbocycles. The summed E-state index contributed by atoms with van der Waals surface area (Å²) in [6, 6.07) is 3.67. The highest BCUT2D eigenvalue weighted by Gasteiger charge is 2.17. The van der Waals surface area contributed by atoms with Gasteiger partial charge in [0.25, 0.3) is 0 Å². The highest BCUT2D eigenvalue weighted by molar-refractivity contribution is 6.04. The van der Waals surface area contributed by atoms with Gasteiger partial charge in [0.05, 0.1) is 5.52 Å². The number of nitrogens with zero attached hydrogens (tertiary/aromatic N) is 4. The number of rotatable bonds is 5. The van der Waals surface area contributed by atoms with Crippen LogP contribution >= 0.6 is 0 Å². The van der Waals surface area contributed by atoms with Crippen LogP contribution in [0.15, 0.2) is 18.3 Å². The van der Waals surface area contributed by atoms with Crippen LogP contribution in [0.5, 0.6) is 0 Å². The number of ether oxygens (including phenoxy) is 1. The van der Waals surface area contributed by atoms with Crippen molar-refractivity contribution in [1.29, 1.82) is 5.41 Å². The summed E-state index contributed by atoms with van der Waals surface area (Å²) >= 11 is 0. The predicted molar refractivity (Wildman–Crippen MR) is 87.9 cm³/mol. The lowest BCUT2D eigenvalue weighted by atomic mass is 10.2. The van der Waals surface area contributed by atoms with E-state index in [2.05, 4.69) is 20.3 Å². The van der Waals surface area contributed by atoms with Crippen LogP contribution in [0.3, 0.4) is 0 Å². The molecular weight excluding hydrogens is 296 g/mol. The molecule has 3 aromatic heterocycles. The van der Waals surface area contributed by atoms with Crippen LogP contribution in [0.1, 0.15) is 5.82 Å². The monoisotopic (exact) mass is 314 g/mol. The van der Waals surface area contributed by atoms with Crippen LogP contribution in [-0.2, 0) is 17.9 Å². The molecule has 0 amide bonds. The van der Waals surface area contributed by atoms with Gasteiger partial charge in [-0.3, -0.25) is 10.4 Å². The molecule has 0 radical (unpaired) electrons. The minimum absolute atomic E-state index is 0.0770. The molecule has 9 nitrogen and oxygen atoms in total. The molecule has 3 aromatic rings. The molecule has 0 aliphatic heterocycles. The lowest BCUT2D eigenvalue weighted by Crippen LogP contribution is -2.33. The molecule has 6 N–H and O–H groups in total. The van der Waals surface area contributed by atoms with Gasteiger partial charge in [0.15, 0.2) is 11.8 Å². The van der Waals surface area contributed by atoms with Crippen molar-refractivity contribution in [3.8, 4) is 0 Å². The second-order valence-electron chi connectivity index (χ2n) is 5.02. The van der Waals surface area contributed by atoms with E-state index in [1.54, 1.807) is 13.3 Å². The van der Waals surface area contributed by atoms with Crippen molar-refractivity contribution < 1.29 is 4.74 Å². The highest BCUT2D eigenvalue weighted by atomic mass is 16.5. The standard InChI is InChI=1S/C14H18N8O/c1-23-7-9-21-11-12(22(9)6-5-19-14(16)17)10-8(20-13(11)15)3-2-4-18-10/h2-4H,5-7H2,1H3,(H2,15,20)(H4,16,17,19). The van der Waals surface area contributed by atoms with Crippen molar-refractivity contribution in [2.75, 3.05) is 19.4 Å². The average Bonchev–Trinajstić information content (AvgIpc) is 2.87. The molecule has 3 rings (SSSR count). The van der Waals surface area contributed by atoms with Gasteiger partial charge in [-0.1, -0.05) is 0 Å². The maximum atomic E-state index is 7.26. The van der Waals surface area contributed by atoms with E-state index >= 15 is 0 Å². The zero-order chi connectivity index (χ0) is 16.4. The molecule has 0 atom stereocenters. The largest absolute Gasteiger partial charge is 0.382 e. The Morgan fingerprint density at radius 1 is 1.39 bits per heavy atom. The number of hydrogen-bond donors (Lipinski definition) is 4. The SMILES string of the molecule is COCc1nc2c(N)nc3cccnc3c2n1CCNC(=N)N. The van der Waals surface area contributed by atoms with Gasteiger partial charge in [-0.05, 0) is 12.1 Å². The number of nitrogens with two attached hydrogens (primary N) is 2. The fraction of sp³-hybridized carbons (Fsp3) is 0.286. The first-order chi connectivity index (χ1) is 11.1. The van der Waals surface area contributed by atoms with E-state index in [1.807, 2.05) is 16.7 Å². The zero-order valence-electron chi connectivity index (χ0n) is 12.7. The molecule has 9 heteroatoms. The Hall–Kier alpha value is -2.94. The molecule has 0 fully saturated rings. The number of methoxy groups -OCH3 is 1. The molecule has 0 aliphatic carbocycles. The van der Waals surface area contributed by atoms with Gasteiger partial charge in [-0.15, -0.1) is 0 Å². The van der Waals surface area contributed by atoms with Crippen molar-refractivity contribution in [2.24, 2.45) is 5.73 Å². The number of imidazole rings is 1. The van der Waals surface area contributed by atoms with Crippen LogP contribution in [-0.4, -0.2) is 39.1 Å². The fourth-order valence-corrected chi connectivity index (χ4v) is 2.55. The Morgan fingerprint density at radius 3 is 2.96 bits per heavy atom. The van der Waals surface area contributed by atoms with Crippen molar-refractivity contribution in [1.82, 2.24) is 24.8 Å². The first kappa shape index (κ1) is 15.0. The fourth-order valence-electron chi connectivity index (χ4n) is 2.55. The van der Waals surface area contributed by atoms with Crippen molar-refractivity contribution in [3.05, 3.63) is 24.2 Å². The van der Waals surface area contributed by atoms with Gasteiger partial charge >= 0.3 is 0 Å². The third-order valence-corrected chi connectivity index (χ3v) is 3.47. The summed E-state index contributed by atoms with van der Waals surface area (Å²) in [5.74, 6) is 1.00. The van der Waals surface area contributed by atoms with Gasteiger partial charge in [0.1, 0.15) is 29.0 Å². The first-order valence-corrected chi connectivity index (χ1v) is 7.08. The molecule has 0 aromatic carbocycles. The number of hydrogen-bond acceptors (Lipinski definition) is 6. The number of anilines is 1. The third-order valence-electron chi connectivity index (χ3n) is 3.47. The highest BCUT2D eigenvalue weighted by Crippen LogP contribution is 2.27. The Bertz CT molecular complexity index is 872. The number of guanidine groups is 1. The molecule has 23 heavy (non-hydrogen) atoms. The van der Waals surface area contributed by atoms with Crippen molar-refractivity contribution in [3.63, 3.8) is 0 Å². The smallest absolute Gasteiger partial charge is 0.185 e. The van der Waals surface area contributed by atoms with Crippen LogP contribution in [0.25, 0.3) is 22.1 Å². The predicted octanol–water partition coefficient (Wildman–Crippen LogP) is 0.191. The maximum Gasteiger partial charge on any atom is 0.185 e. The van der Waals surface area contributed by atoms with Gasteiger partial charge in [0.2, 0.25) is 0 Å². The summed E-state index contributed by atoms with van der Waals surface area (Å²) < 4.78 is 7.20. The minimum Gasteiger partial charge on any atom is -0.382 e. The summed E-state index contributed by atoms with van der Waals surface area (Å²) in [6.07, 6.45) is 1.71. The summed E-state index contributed by atoms with van der Waals surface area (Å²) in [4.78, 5) is 13.3. The molecule has 0 saturated heterocycles. The Labute approximate surface area is 132 Å². The lowest BCUT2D eigenvalue weighted by molar-refractivity contribution is 0.174. The van der Waals surface area contributed by atoms with E-state index in [0.29, 0.717) is 36.5 Å². The molecule has 3 heterocycles. The molecule has 0 bridgehead atoms. The van der Waals surface area contributed by atoms with Crippen LogP contribution in [0, 0.1) is 5.41 Å². The summed E-state index contributed by atoms with van der Waals surface area (Å²) in [7, 11) is 1.61. The van der Waals surface area contributed by atoms with Gasteiger partial charge in [0, 0.05) is 26.4 Å². The normalized spacial score (nSPS) is 11.2. The van der Waals surface area contributed by atoms with E-state index in [4.69, 9.17) is 21.6 Å². The average molecular weight is 314 g/mol. The Morgan fingerprint density at radius 2 is 2.22 bits per heavy atom. The number of aromatic nitrogens is 4. The summed E-state index contributed by atoms with van der Waals surface area (Å²) in [5, 5.41) is 10.0. The van der Waals surface area contributed by atoms with Gasteiger partial charge in [-0.25, -0.2) is 9.97 Å². The summed E-state index contributed by atoms with van der Waals surface area (Å²) in [6.45, 7) is 1.36. The molecule has 0 spiro atoms. The van der Waals surface area contributed by atoms with Crippen LogP contribution < -0.4 is 16.8 Å². The van der Waals surface area contributed by atoms with Crippen molar-refractivity contribution in [2.45, 2.75) is 13.2 Å². The Kier molecular flexibility index (Phi) is 3.94. The van der Waals surface area contributed by atoms with E-state index in [0.717, 1.165) is 16.9 Å². The van der Waals surface area contributed by atoms with E-state index < -0.39 is 0 Å². The Balaban J connectivity index is 2.20. The first-order valence-electron chi connectivity index (χ1n) is 7.08. The second-order valence-corrected chi connectivity index (χ2v) is 5.02. The number of nitrogen functional groups attached to an aromatic ring is 1. The number of pyridine rings is 2. The van der Waals surface area contributed by atoms with Crippen LogP contribution in [0.4, 0.5) is 5.82 Å². The van der Waals surface area contributed by atoms with Gasteiger partial charge in [-0.2, -0.15) is 0 Å². The topological polar surface area (TPSA) is 141 Å². The molecular formula is C14H18N8O. The lowest BCUT2D eigenvalue weighted by Gasteiger charge is -2.10. The number of fused-ring (bicyclic) bond motifs is 3. The molecule has 120 valence electrons. The second kappa shape index (κ2) is 6.05. The van der Waals surface area contributed by atoms with E-state index in [9.17, 15) is 0 Å². The minimum atomic E-state index is -0.0770. The maximum absolute atomic E-state index is 7.26. The van der Waals surface area contributed by atoms with E-state index in [1.165, 1.54) is 0 Å². The van der Waals surface area contributed by atoms with Gasteiger partial charge < -0.3 is 26.1 Å². The third kappa shape index (κ3) is 2.73. The summed E-state index contributed by atoms with van der Waals surface area (Å²) in [5.41, 5.74) is 14.2. The number of nitrogens with one attached hydrogen (secondary N) is 2. The van der Waals surface area contributed by atoms with Crippen molar-refractivity contribution >= 4 is 33.8 Å². The zero-order valence-corrected chi connectivity index (χ0v) is 12.7.